The van der Waals surface area contributed by atoms with Gasteiger partial charge >= 0.3 is 0 Å². The predicted molar refractivity (Wildman–Crippen MR) is 127 cm³/mol. The summed E-state index contributed by atoms with van der Waals surface area (Å²) in [7, 11) is -3.83. The summed E-state index contributed by atoms with van der Waals surface area (Å²) in [5.41, 5.74) is 6.22. The van der Waals surface area contributed by atoms with Crippen LogP contribution in [0.25, 0.3) is 0 Å². The molecule has 3 N–H and O–H groups in total. The number of rotatable bonds is 8. The van der Waals surface area contributed by atoms with E-state index in [4.69, 9.17) is 0 Å². The average Bonchev–Trinajstić information content (AvgIpc) is 3.16. The molecule has 8 nitrogen and oxygen atoms in total. The zero-order valence-corrected chi connectivity index (χ0v) is 20.2. The monoisotopic (exact) mass is 486 g/mol. The van der Waals surface area contributed by atoms with Gasteiger partial charge in [0.25, 0.3) is 11.8 Å². The smallest absolute Gasteiger partial charge is 0.267 e. The summed E-state index contributed by atoms with van der Waals surface area (Å²) >= 11 is 1.29. The van der Waals surface area contributed by atoms with E-state index in [0.717, 1.165) is 17.0 Å². The Balaban J connectivity index is 1.63. The summed E-state index contributed by atoms with van der Waals surface area (Å²) in [4.78, 5) is 29.8. The van der Waals surface area contributed by atoms with Gasteiger partial charge in [-0.15, -0.1) is 11.3 Å². The van der Waals surface area contributed by atoms with Gasteiger partial charge in [-0.3, -0.25) is 20.4 Å². The highest BCUT2D eigenvalue weighted by molar-refractivity contribution is 7.89. The van der Waals surface area contributed by atoms with E-state index >= 15 is 0 Å². The van der Waals surface area contributed by atoms with Gasteiger partial charge in [-0.05, 0) is 36.6 Å². The molecule has 1 heterocycles. The highest BCUT2D eigenvalue weighted by Crippen LogP contribution is 2.20. The Labute approximate surface area is 197 Å². The first kappa shape index (κ1) is 24.6. The topological polar surface area (TPSA) is 117 Å². The fourth-order valence-corrected chi connectivity index (χ4v) is 5.24. The number of benzene rings is 2. The van der Waals surface area contributed by atoms with Crippen LogP contribution in [0.1, 0.15) is 50.1 Å². The van der Waals surface area contributed by atoms with Gasteiger partial charge in [-0.2, -0.15) is 0 Å². The third-order valence-electron chi connectivity index (χ3n) is 4.64. The molecule has 0 saturated carbocycles. The molecular weight excluding hydrogens is 460 g/mol. The van der Waals surface area contributed by atoms with Gasteiger partial charge in [0, 0.05) is 18.5 Å². The summed E-state index contributed by atoms with van der Waals surface area (Å²) in [6.07, 6.45) is 0.769. The second-order valence-electron chi connectivity index (χ2n) is 7.87. The van der Waals surface area contributed by atoms with Crippen LogP contribution in [0.3, 0.4) is 0 Å². The van der Waals surface area contributed by atoms with E-state index in [1.807, 2.05) is 30.3 Å². The summed E-state index contributed by atoms with van der Waals surface area (Å²) in [5.74, 6) is -0.688. The molecule has 0 aliphatic rings. The van der Waals surface area contributed by atoms with E-state index in [1.54, 1.807) is 6.92 Å². The van der Waals surface area contributed by atoms with Crippen molar-refractivity contribution in [3.63, 3.8) is 0 Å². The standard InChI is InChI=1S/C23H26N4O4S2/c1-15(2)12-20-25-16(3)21(32-20)23(29)27-26-22(28)18-10-7-11-19(13-18)33(30,31)24-14-17-8-5-4-6-9-17/h4-11,13,15,24H,12,14H2,1-3H3,(H,26,28)(H,27,29). The van der Waals surface area contributed by atoms with Gasteiger partial charge in [0.05, 0.1) is 15.6 Å². The van der Waals surface area contributed by atoms with Crippen molar-refractivity contribution in [1.82, 2.24) is 20.6 Å². The lowest BCUT2D eigenvalue weighted by Crippen LogP contribution is -2.41. The first-order valence-electron chi connectivity index (χ1n) is 10.4. The number of aromatic nitrogens is 1. The van der Waals surface area contributed by atoms with Crippen molar-refractivity contribution in [2.24, 2.45) is 5.92 Å². The van der Waals surface area contributed by atoms with Gasteiger partial charge in [0.15, 0.2) is 0 Å². The third kappa shape index (κ3) is 6.70. The van der Waals surface area contributed by atoms with Gasteiger partial charge in [0.2, 0.25) is 10.0 Å². The van der Waals surface area contributed by atoms with E-state index in [2.05, 4.69) is 34.4 Å². The van der Waals surface area contributed by atoms with E-state index in [-0.39, 0.29) is 17.0 Å². The van der Waals surface area contributed by atoms with Gasteiger partial charge in [-0.1, -0.05) is 50.2 Å². The van der Waals surface area contributed by atoms with Crippen LogP contribution in [0.2, 0.25) is 0 Å². The maximum atomic E-state index is 12.6. The van der Waals surface area contributed by atoms with Crippen molar-refractivity contribution in [2.45, 2.75) is 38.6 Å². The van der Waals surface area contributed by atoms with Crippen LogP contribution in [0.4, 0.5) is 0 Å². The summed E-state index contributed by atoms with van der Waals surface area (Å²) < 4.78 is 27.8. The van der Waals surface area contributed by atoms with Crippen molar-refractivity contribution in [3.8, 4) is 0 Å². The third-order valence-corrected chi connectivity index (χ3v) is 7.21. The molecule has 0 bridgehead atoms. The molecule has 3 aromatic rings. The van der Waals surface area contributed by atoms with Crippen LogP contribution in [-0.2, 0) is 23.0 Å². The summed E-state index contributed by atoms with van der Waals surface area (Å²) in [6.45, 7) is 6.01. The molecule has 0 atom stereocenters. The van der Waals surface area contributed by atoms with Crippen molar-refractivity contribution < 1.29 is 18.0 Å². The summed E-state index contributed by atoms with van der Waals surface area (Å²) in [6, 6.07) is 14.7. The second-order valence-corrected chi connectivity index (χ2v) is 10.7. The average molecular weight is 487 g/mol. The van der Waals surface area contributed by atoms with Crippen molar-refractivity contribution in [2.75, 3.05) is 0 Å². The number of nitrogens with one attached hydrogen (secondary N) is 3. The molecule has 3 rings (SSSR count). The van der Waals surface area contributed by atoms with Crippen LogP contribution >= 0.6 is 11.3 Å². The Kier molecular flexibility index (Phi) is 7.96. The quantitative estimate of drug-likeness (QED) is 0.423. The normalized spacial score (nSPS) is 11.4. The number of nitrogens with zero attached hydrogens (tertiary/aromatic N) is 1. The SMILES string of the molecule is Cc1nc(CC(C)C)sc1C(=O)NNC(=O)c1cccc(S(=O)(=O)NCc2ccccc2)c1. The van der Waals surface area contributed by atoms with Crippen LogP contribution < -0.4 is 15.6 Å². The number of sulfonamides is 1. The highest BCUT2D eigenvalue weighted by Gasteiger charge is 2.19. The number of thiazole rings is 1. The Morgan fingerprint density at radius 3 is 2.39 bits per heavy atom. The van der Waals surface area contributed by atoms with Gasteiger partial charge in [0.1, 0.15) is 4.88 Å². The Bertz CT molecular complexity index is 1240. The minimum Gasteiger partial charge on any atom is -0.267 e. The predicted octanol–water partition coefficient (Wildman–Crippen LogP) is 3.20. The van der Waals surface area contributed by atoms with Crippen LogP contribution in [0.5, 0.6) is 0 Å². The molecule has 1 aromatic heterocycles. The Morgan fingerprint density at radius 2 is 1.70 bits per heavy atom. The number of hydrogen-bond acceptors (Lipinski definition) is 6. The molecule has 2 amide bonds. The minimum atomic E-state index is -3.83. The van der Waals surface area contributed by atoms with E-state index in [0.29, 0.717) is 16.5 Å². The zero-order valence-electron chi connectivity index (χ0n) is 18.6. The Morgan fingerprint density at radius 1 is 1.00 bits per heavy atom. The van der Waals surface area contributed by atoms with Crippen LogP contribution in [0.15, 0.2) is 59.5 Å². The molecule has 0 aliphatic heterocycles. The van der Waals surface area contributed by atoms with Crippen LogP contribution in [-0.4, -0.2) is 25.2 Å². The van der Waals surface area contributed by atoms with Crippen molar-refractivity contribution in [1.29, 1.82) is 0 Å². The molecule has 0 saturated heterocycles. The molecule has 0 unspecified atom stereocenters. The lowest BCUT2D eigenvalue weighted by atomic mass is 10.1. The van der Waals surface area contributed by atoms with Gasteiger partial charge < -0.3 is 0 Å². The molecule has 33 heavy (non-hydrogen) atoms. The first-order valence-corrected chi connectivity index (χ1v) is 12.7. The van der Waals surface area contributed by atoms with Crippen molar-refractivity contribution in [3.05, 3.63) is 81.3 Å². The lowest BCUT2D eigenvalue weighted by Gasteiger charge is -2.10. The van der Waals surface area contributed by atoms with Crippen LogP contribution in [0, 0.1) is 12.8 Å². The largest absolute Gasteiger partial charge is 0.281 e. The molecule has 10 heteroatoms. The first-order chi connectivity index (χ1) is 15.7. The maximum absolute atomic E-state index is 12.6. The minimum absolute atomic E-state index is 0.0472. The molecule has 0 aliphatic carbocycles. The van der Waals surface area contributed by atoms with E-state index in [1.165, 1.54) is 35.6 Å². The summed E-state index contributed by atoms with van der Waals surface area (Å²) in [5, 5.41) is 0.861. The second kappa shape index (κ2) is 10.7. The fraction of sp³-hybridized carbons (Fsp3) is 0.261. The molecule has 0 spiro atoms. The lowest BCUT2D eigenvalue weighted by molar-refractivity contribution is 0.0848. The van der Waals surface area contributed by atoms with E-state index in [9.17, 15) is 18.0 Å². The molecule has 2 aromatic carbocycles. The number of aryl methyl sites for hydroxylation is 1. The van der Waals surface area contributed by atoms with Crippen molar-refractivity contribution >= 4 is 33.2 Å². The number of hydrazine groups is 1. The number of carbonyl (C=O) groups is 2. The Hall–Kier alpha value is -3.08. The molecule has 0 radical (unpaired) electrons. The number of amides is 2. The number of hydrogen-bond donors (Lipinski definition) is 3. The van der Waals surface area contributed by atoms with Gasteiger partial charge in [-0.25, -0.2) is 18.1 Å². The zero-order chi connectivity index (χ0) is 24.0. The molecule has 0 fully saturated rings. The van der Waals surface area contributed by atoms with E-state index < -0.39 is 21.8 Å². The number of carbonyl (C=O) groups excluding carboxylic acids is 2. The molecule has 174 valence electrons. The highest BCUT2D eigenvalue weighted by atomic mass is 32.2. The maximum Gasteiger partial charge on any atom is 0.281 e. The molecular formula is C23H26N4O4S2. The fourth-order valence-electron chi connectivity index (χ4n) is 3.00.